The average Bonchev–Trinajstić information content (AvgIpc) is 3.03. The Labute approximate surface area is 149 Å². The van der Waals surface area contributed by atoms with E-state index in [0.717, 1.165) is 16.0 Å². The summed E-state index contributed by atoms with van der Waals surface area (Å²) < 4.78 is 16.9. The maximum Gasteiger partial charge on any atom is 0.257 e. The summed E-state index contributed by atoms with van der Waals surface area (Å²) in [6, 6.07) is 10.7. The lowest BCUT2D eigenvalue weighted by Gasteiger charge is -2.10. The number of hydrogen-bond donors (Lipinski definition) is 1. The summed E-state index contributed by atoms with van der Waals surface area (Å²) in [5, 5.41) is 3.35. The first-order chi connectivity index (χ1) is 12.1. The Hall–Kier alpha value is -2.80. The number of carbonyl (C=O) groups is 1. The first kappa shape index (κ1) is 17.0. The molecular weight excluding hydrogens is 340 g/mol. The van der Waals surface area contributed by atoms with E-state index in [0.29, 0.717) is 28.8 Å². The standard InChI is InChI=1S/C18H18N2O4S/c1-4-24-15-9-11(5-8-14(15)23-3)17(21)20-18-19-13-7-6-12(22-2)10-16(13)25-18/h5-10H,4H2,1-3H3,(H,19,20,21). The maximum atomic E-state index is 12.5. The number of nitrogens with one attached hydrogen (secondary N) is 1. The molecule has 0 fully saturated rings. The molecule has 0 saturated carbocycles. The largest absolute Gasteiger partial charge is 0.497 e. The highest BCUT2D eigenvalue weighted by atomic mass is 32.1. The maximum absolute atomic E-state index is 12.5. The molecule has 3 rings (SSSR count). The van der Waals surface area contributed by atoms with E-state index in [1.165, 1.54) is 11.3 Å². The normalized spacial score (nSPS) is 10.5. The Morgan fingerprint density at radius 2 is 1.96 bits per heavy atom. The van der Waals surface area contributed by atoms with Crippen LogP contribution in [-0.4, -0.2) is 31.7 Å². The van der Waals surface area contributed by atoms with E-state index in [1.54, 1.807) is 32.4 Å². The van der Waals surface area contributed by atoms with E-state index in [1.807, 2.05) is 25.1 Å². The molecule has 6 nitrogen and oxygen atoms in total. The van der Waals surface area contributed by atoms with E-state index in [-0.39, 0.29) is 5.91 Å². The van der Waals surface area contributed by atoms with Crippen LogP contribution < -0.4 is 19.5 Å². The first-order valence-electron chi connectivity index (χ1n) is 7.71. The first-order valence-corrected chi connectivity index (χ1v) is 8.53. The van der Waals surface area contributed by atoms with Gasteiger partial charge >= 0.3 is 0 Å². The highest BCUT2D eigenvalue weighted by Crippen LogP contribution is 2.31. The van der Waals surface area contributed by atoms with Crippen LogP contribution in [0.15, 0.2) is 36.4 Å². The number of amides is 1. The number of rotatable bonds is 6. The Kier molecular flexibility index (Phi) is 5.04. The molecule has 1 aromatic heterocycles. The lowest BCUT2D eigenvalue weighted by Crippen LogP contribution is -2.12. The molecule has 0 spiro atoms. The Morgan fingerprint density at radius 1 is 1.12 bits per heavy atom. The molecule has 1 heterocycles. The van der Waals surface area contributed by atoms with Crippen molar-refractivity contribution in [2.45, 2.75) is 6.92 Å². The van der Waals surface area contributed by atoms with Crippen LogP contribution in [0.2, 0.25) is 0 Å². The third-order valence-corrected chi connectivity index (χ3v) is 4.48. The van der Waals surface area contributed by atoms with Gasteiger partial charge in [0.05, 0.1) is 31.0 Å². The van der Waals surface area contributed by atoms with Crippen LogP contribution in [0, 0.1) is 0 Å². The summed E-state index contributed by atoms with van der Waals surface area (Å²) in [6.45, 7) is 2.36. The lowest BCUT2D eigenvalue weighted by atomic mass is 10.2. The van der Waals surface area contributed by atoms with Crippen molar-refractivity contribution in [2.75, 3.05) is 26.1 Å². The van der Waals surface area contributed by atoms with Gasteiger partial charge in [0, 0.05) is 5.56 Å². The van der Waals surface area contributed by atoms with Gasteiger partial charge in [0.25, 0.3) is 5.91 Å². The predicted octanol–water partition coefficient (Wildman–Crippen LogP) is 3.96. The van der Waals surface area contributed by atoms with Crippen molar-refractivity contribution >= 4 is 32.6 Å². The minimum absolute atomic E-state index is 0.255. The molecule has 0 atom stereocenters. The number of benzene rings is 2. The molecule has 3 aromatic rings. The molecule has 0 saturated heterocycles. The lowest BCUT2D eigenvalue weighted by molar-refractivity contribution is 0.102. The summed E-state index contributed by atoms with van der Waals surface area (Å²) >= 11 is 1.39. The quantitative estimate of drug-likeness (QED) is 0.722. The van der Waals surface area contributed by atoms with Crippen molar-refractivity contribution in [3.63, 3.8) is 0 Å². The van der Waals surface area contributed by atoms with Gasteiger partial charge in [-0.15, -0.1) is 0 Å². The Balaban J connectivity index is 1.83. The molecule has 0 aliphatic heterocycles. The fourth-order valence-electron chi connectivity index (χ4n) is 2.34. The zero-order valence-corrected chi connectivity index (χ0v) is 15.0. The Morgan fingerprint density at radius 3 is 2.68 bits per heavy atom. The summed E-state index contributed by atoms with van der Waals surface area (Å²) in [5.74, 6) is 1.62. The molecule has 0 bridgehead atoms. The van der Waals surface area contributed by atoms with Crippen molar-refractivity contribution in [2.24, 2.45) is 0 Å². The van der Waals surface area contributed by atoms with Gasteiger partial charge in [-0.05, 0) is 43.3 Å². The summed E-state index contributed by atoms with van der Waals surface area (Å²) in [4.78, 5) is 16.9. The van der Waals surface area contributed by atoms with Gasteiger partial charge < -0.3 is 14.2 Å². The number of thiazole rings is 1. The van der Waals surface area contributed by atoms with Gasteiger partial charge in [0.1, 0.15) is 5.75 Å². The molecule has 1 N–H and O–H groups in total. The molecule has 0 aliphatic carbocycles. The highest BCUT2D eigenvalue weighted by molar-refractivity contribution is 7.22. The Bertz CT molecular complexity index is 907. The van der Waals surface area contributed by atoms with Crippen LogP contribution in [0.1, 0.15) is 17.3 Å². The van der Waals surface area contributed by atoms with E-state index in [4.69, 9.17) is 14.2 Å². The van der Waals surface area contributed by atoms with Gasteiger partial charge in [-0.2, -0.15) is 0 Å². The number of ether oxygens (including phenoxy) is 3. The number of fused-ring (bicyclic) bond motifs is 1. The van der Waals surface area contributed by atoms with E-state index in [2.05, 4.69) is 10.3 Å². The van der Waals surface area contributed by atoms with Crippen LogP contribution in [-0.2, 0) is 0 Å². The van der Waals surface area contributed by atoms with Gasteiger partial charge in [-0.1, -0.05) is 11.3 Å². The van der Waals surface area contributed by atoms with Crippen molar-refractivity contribution in [3.05, 3.63) is 42.0 Å². The molecule has 7 heteroatoms. The third kappa shape index (κ3) is 3.66. The topological polar surface area (TPSA) is 69.7 Å². The second-order valence-electron chi connectivity index (χ2n) is 5.11. The zero-order valence-electron chi connectivity index (χ0n) is 14.2. The second kappa shape index (κ2) is 7.40. The van der Waals surface area contributed by atoms with Crippen molar-refractivity contribution < 1.29 is 19.0 Å². The number of hydrogen-bond acceptors (Lipinski definition) is 6. The molecule has 130 valence electrons. The molecule has 25 heavy (non-hydrogen) atoms. The minimum atomic E-state index is -0.255. The van der Waals surface area contributed by atoms with Gasteiger partial charge in [-0.25, -0.2) is 4.98 Å². The van der Waals surface area contributed by atoms with E-state index >= 15 is 0 Å². The molecule has 0 unspecified atom stereocenters. The van der Waals surface area contributed by atoms with Crippen LogP contribution in [0.4, 0.5) is 5.13 Å². The van der Waals surface area contributed by atoms with Gasteiger partial charge in [0.2, 0.25) is 0 Å². The van der Waals surface area contributed by atoms with Gasteiger partial charge in [0.15, 0.2) is 16.6 Å². The van der Waals surface area contributed by atoms with Crippen LogP contribution in [0.3, 0.4) is 0 Å². The van der Waals surface area contributed by atoms with Crippen molar-refractivity contribution in [1.29, 1.82) is 0 Å². The van der Waals surface area contributed by atoms with Crippen LogP contribution >= 0.6 is 11.3 Å². The number of methoxy groups -OCH3 is 2. The number of nitrogens with zero attached hydrogens (tertiary/aromatic N) is 1. The third-order valence-electron chi connectivity index (χ3n) is 3.54. The number of anilines is 1. The molecule has 0 radical (unpaired) electrons. The molecule has 2 aromatic carbocycles. The molecule has 0 aliphatic rings. The predicted molar refractivity (Wildman–Crippen MR) is 98.3 cm³/mol. The highest BCUT2D eigenvalue weighted by Gasteiger charge is 2.13. The van der Waals surface area contributed by atoms with Gasteiger partial charge in [-0.3, -0.25) is 10.1 Å². The SMILES string of the molecule is CCOc1cc(C(=O)Nc2nc3ccc(OC)cc3s2)ccc1OC. The summed E-state index contributed by atoms with van der Waals surface area (Å²) in [6.07, 6.45) is 0. The second-order valence-corrected chi connectivity index (χ2v) is 6.14. The smallest absolute Gasteiger partial charge is 0.257 e. The van der Waals surface area contributed by atoms with Crippen LogP contribution in [0.25, 0.3) is 10.2 Å². The summed E-state index contributed by atoms with van der Waals surface area (Å²) in [7, 11) is 3.18. The number of carbonyl (C=O) groups excluding carboxylic acids is 1. The summed E-state index contributed by atoms with van der Waals surface area (Å²) in [5.41, 5.74) is 1.28. The minimum Gasteiger partial charge on any atom is -0.497 e. The zero-order chi connectivity index (χ0) is 17.8. The fraction of sp³-hybridized carbons (Fsp3) is 0.222. The van der Waals surface area contributed by atoms with Crippen molar-refractivity contribution in [3.8, 4) is 17.2 Å². The number of aromatic nitrogens is 1. The van der Waals surface area contributed by atoms with Crippen molar-refractivity contribution in [1.82, 2.24) is 4.98 Å². The fourth-order valence-corrected chi connectivity index (χ4v) is 3.23. The van der Waals surface area contributed by atoms with Crippen LogP contribution in [0.5, 0.6) is 17.2 Å². The molecule has 1 amide bonds. The average molecular weight is 358 g/mol. The molecular formula is C18H18N2O4S. The van der Waals surface area contributed by atoms with E-state index < -0.39 is 0 Å². The van der Waals surface area contributed by atoms with E-state index in [9.17, 15) is 4.79 Å². The monoisotopic (exact) mass is 358 g/mol.